The first-order valence-corrected chi connectivity index (χ1v) is 6.73. The van der Waals surface area contributed by atoms with Crippen molar-refractivity contribution in [3.63, 3.8) is 0 Å². The molecule has 4 N–H and O–H groups in total. The molecule has 0 aliphatic heterocycles. The molecule has 0 spiro atoms. The van der Waals surface area contributed by atoms with E-state index in [1.54, 1.807) is 12.1 Å². The molecule has 6 heteroatoms. The molecule has 0 saturated heterocycles. The number of anilines is 1. The zero-order chi connectivity index (χ0) is 14.7. The van der Waals surface area contributed by atoms with Gasteiger partial charge < -0.3 is 11.1 Å². The van der Waals surface area contributed by atoms with Crippen molar-refractivity contribution in [1.29, 1.82) is 0 Å². The van der Waals surface area contributed by atoms with E-state index in [4.69, 9.17) is 17.3 Å². The lowest BCUT2D eigenvalue weighted by Gasteiger charge is -2.05. The Bertz CT molecular complexity index is 621. The summed E-state index contributed by atoms with van der Waals surface area (Å²) in [7, 11) is 0. The molecule has 106 valence electrons. The van der Waals surface area contributed by atoms with Crippen LogP contribution < -0.4 is 11.1 Å². The van der Waals surface area contributed by atoms with E-state index in [-0.39, 0.29) is 17.5 Å². The Kier molecular flexibility index (Phi) is 4.29. The minimum Gasteiger partial charge on any atom is -0.395 e. The van der Waals surface area contributed by atoms with Crippen LogP contribution in [0, 0.1) is 0 Å². The van der Waals surface area contributed by atoms with Crippen LogP contribution in [0.1, 0.15) is 41.5 Å². The van der Waals surface area contributed by atoms with Gasteiger partial charge in [0, 0.05) is 11.6 Å². The van der Waals surface area contributed by atoms with Crippen molar-refractivity contribution in [2.75, 3.05) is 5.73 Å². The molecule has 1 heterocycles. The third-order valence-corrected chi connectivity index (χ3v) is 3.20. The topological polar surface area (TPSA) is 83.8 Å². The van der Waals surface area contributed by atoms with Crippen molar-refractivity contribution in [3.05, 3.63) is 46.2 Å². The van der Waals surface area contributed by atoms with Gasteiger partial charge in [-0.1, -0.05) is 37.6 Å². The van der Waals surface area contributed by atoms with Crippen molar-refractivity contribution in [1.82, 2.24) is 15.5 Å². The Morgan fingerprint density at radius 2 is 2.25 bits per heavy atom. The number of nitrogens with zero attached hydrogens (tertiary/aromatic N) is 1. The molecule has 2 aromatic rings. The molecule has 1 aromatic carbocycles. The van der Waals surface area contributed by atoms with Gasteiger partial charge in [-0.15, -0.1) is 0 Å². The summed E-state index contributed by atoms with van der Waals surface area (Å²) >= 11 is 5.89. The van der Waals surface area contributed by atoms with E-state index >= 15 is 0 Å². The summed E-state index contributed by atoms with van der Waals surface area (Å²) in [6, 6.07) is 7.31. The van der Waals surface area contributed by atoms with Crippen molar-refractivity contribution >= 4 is 23.2 Å². The number of hydrogen-bond donors (Lipinski definition) is 3. The van der Waals surface area contributed by atoms with Crippen LogP contribution in [-0.4, -0.2) is 16.1 Å². The lowest BCUT2D eigenvalue weighted by atomic mass is 10.1. The highest BCUT2D eigenvalue weighted by molar-refractivity contribution is 6.30. The second-order valence-electron chi connectivity index (χ2n) is 4.87. The summed E-state index contributed by atoms with van der Waals surface area (Å²) in [5.74, 6) is -0.109. The van der Waals surface area contributed by atoms with E-state index in [0.717, 1.165) is 11.3 Å². The van der Waals surface area contributed by atoms with Crippen LogP contribution in [0.5, 0.6) is 0 Å². The van der Waals surface area contributed by atoms with E-state index in [9.17, 15) is 4.79 Å². The van der Waals surface area contributed by atoms with Crippen LogP contribution in [0.25, 0.3) is 0 Å². The summed E-state index contributed by atoms with van der Waals surface area (Å²) in [6.07, 6.45) is 0. The molecule has 2 rings (SSSR count). The Labute approximate surface area is 122 Å². The number of halogens is 1. The predicted molar refractivity (Wildman–Crippen MR) is 79.7 cm³/mol. The number of hydrogen-bond acceptors (Lipinski definition) is 3. The molecule has 0 saturated carbocycles. The maximum atomic E-state index is 12.1. The quantitative estimate of drug-likeness (QED) is 0.810. The number of carbonyl (C=O) groups excluding carboxylic acids is 1. The van der Waals surface area contributed by atoms with Gasteiger partial charge in [0.15, 0.2) is 5.69 Å². The largest absolute Gasteiger partial charge is 0.395 e. The summed E-state index contributed by atoms with van der Waals surface area (Å²) in [4.78, 5) is 12.1. The SMILES string of the molecule is CC(C)c1[nH]nc(C(=O)NCc2cccc(Cl)c2)c1N. The van der Waals surface area contributed by atoms with Crippen LogP contribution in [0.4, 0.5) is 5.69 Å². The number of H-pyrrole nitrogens is 1. The van der Waals surface area contributed by atoms with Gasteiger partial charge >= 0.3 is 0 Å². The van der Waals surface area contributed by atoms with Gasteiger partial charge in [0.2, 0.25) is 0 Å². The number of benzene rings is 1. The van der Waals surface area contributed by atoms with Gasteiger partial charge in [0.05, 0.1) is 11.4 Å². The van der Waals surface area contributed by atoms with Crippen LogP contribution in [0.2, 0.25) is 5.02 Å². The Morgan fingerprint density at radius 3 is 2.85 bits per heavy atom. The van der Waals surface area contributed by atoms with Crippen molar-refractivity contribution in [2.45, 2.75) is 26.3 Å². The fourth-order valence-corrected chi connectivity index (χ4v) is 2.10. The Morgan fingerprint density at radius 1 is 1.50 bits per heavy atom. The van der Waals surface area contributed by atoms with Gasteiger partial charge in [-0.2, -0.15) is 5.10 Å². The van der Waals surface area contributed by atoms with E-state index < -0.39 is 0 Å². The van der Waals surface area contributed by atoms with Crippen LogP contribution >= 0.6 is 11.6 Å². The highest BCUT2D eigenvalue weighted by Crippen LogP contribution is 2.22. The summed E-state index contributed by atoms with van der Waals surface area (Å²) < 4.78 is 0. The van der Waals surface area contributed by atoms with Crippen LogP contribution in [-0.2, 0) is 6.54 Å². The van der Waals surface area contributed by atoms with Gasteiger partial charge in [0.25, 0.3) is 5.91 Å². The molecule has 0 radical (unpaired) electrons. The van der Waals surface area contributed by atoms with Gasteiger partial charge in [-0.25, -0.2) is 0 Å². The minimum absolute atomic E-state index is 0.192. The maximum Gasteiger partial charge on any atom is 0.274 e. The number of nitrogens with one attached hydrogen (secondary N) is 2. The number of carbonyl (C=O) groups is 1. The van der Waals surface area contributed by atoms with Crippen molar-refractivity contribution in [2.24, 2.45) is 0 Å². The monoisotopic (exact) mass is 292 g/mol. The maximum absolute atomic E-state index is 12.1. The molecular weight excluding hydrogens is 276 g/mol. The normalized spacial score (nSPS) is 10.8. The van der Waals surface area contributed by atoms with Crippen molar-refractivity contribution in [3.8, 4) is 0 Å². The van der Waals surface area contributed by atoms with Crippen molar-refractivity contribution < 1.29 is 4.79 Å². The average molecular weight is 293 g/mol. The second-order valence-corrected chi connectivity index (χ2v) is 5.30. The number of rotatable bonds is 4. The van der Waals surface area contributed by atoms with Gasteiger partial charge in [-0.05, 0) is 23.6 Å². The highest BCUT2D eigenvalue weighted by Gasteiger charge is 2.18. The van der Waals surface area contributed by atoms with Gasteiger partial charge in [0.1, 0.15) is 0 Å². The Hall–Kier alpha value is -2.01. The molecule has 1 amide bonds. The van der Waals surface area contributed by atoms with E-state index in [2.05, 4.69) is 15.5 Å². The highest BCUT2D eigenvalue weighted by atomic mass is 35.5. The molecular formula is C14H17ClN4O. The molecule has 0 unspecified atom stereocenters. The molecule has 0 aliphatic carbocycles. The van der Waals surface area contributed by atoms with Gasteiger partial charge in [-0.3, -0.25) is 9.89 Å². The summed E-state index contributed by atoms with van der Waals surface area (Å²) in [6.45, 7) is 4.34. The molecule has 5 nitrogen and oxygen atoms in total. The molecule has 0 atom stereocenters. The molecule has 20 heavy (non-hydrogen) atoms. The fraction of sp³-hybridized carbons (Fsp3) is 0.286. The third kappa shape index (κ3) is 3.11. The van der Waals surface area contributed by atoms with Crippen LogP contribution in [0.15, 0.2) is 24.3 Å². The first-order valence-electron chi connectivity index (χ1n) is 6.35. The number of amides is 1. The standard InChI is InChI=1S/C14H17ClN4O/c1-8(2)12-11(16)13(19-18-12)14(20)17-7-9-4-3-5-10(15)6-9/h3-6,8H,7,16H2,1-2H3,(H,17,20)(H,18,19). The third-order valence-electron chi connectivity index (χ3n) is 2.97. The first-order chi connectivity index (χ1) is 9.49. The molecule has 0 bridgehead atoms. The first kappa shape index (κ1) is 14.4. The van der Waals surface area contributed by atoms with Crippen LogP contribution in [0.3, 0.4) is 0 Å². The van der Waals surface area contributed by atoms with E-state index in [1.165, 1.54) is 0 Å². The smallest absolute Gasteiger partial charge is 0.274 e. The molecule has 0 aliphatic rings. The van der Waals surface area contributed by atoms with E-state index in [1.807, 2.05) is 26.0 Å². The summed E-state index contributed by atoms with van der Waals surface area (Å²) in [5.41, 5.74) is 8.26. The number of aromatic nitrogens is 2. The Balaban J connectivity index is 2.05. The zero-order valence-electron chi connectivity index (χ0n) is 11.4. The lowest BCUT2D eigenvalue weighted by Crippen LogP contribution is -2.24. The predicted octanol–water partition coefficient (Wildman–Crippen LogP) is 2.70. The number of nitrogen functional groups attached to an aromatic ring is 1. The molecule has 1 aromatic heterocycles. The lowest BCUT2D eigenvalue weighted by molar-refractivity contribution is 0.0947. The van der Waals surface area contributed by atoms with E-state index in [0.29, 0.717) is 17.3 Å². The fourth-order valence-electron chi connectivity index (χ4n) is 1.89. The minimum atomic E-state index is -0.300. The average Bonchev–Trinajstić information content (AvgIpc) is 2.78. The zero-order valence-corrected chi connectivity index (χ0v) is 12.2. The molecule has 0 fully saturated rings. The number of nitrogens with two attached hydrogens (primary N) is 1. The summed E-state index contributed by atoms with van der Waals surface area (Å²) in [5, 5.41) is 10.2. The second kappa shape index (κ2) is 5.96. The number of aromatic amines is 1.